The van der Waals surface area contributed by atoms with Crippen molar-refractivity contribution in [3.8, 4) is 0 Å². The van der Waals surface area contributed by atoms with Crippen molar-refractivity contribution in [3.05, 3.63) is 60.8 Å². The third kappa shape index (κ3) is 26.5. The lowest BCUT2D eigenvalue weighted by Crippen LogP contribution is -2.65. The van der Waals surface area contributed by atoms with Crippen LogP contribution in [0.25, 0.3) is 0 Å². The second kappa shape index (κ2) is 39.4. The number of hydrogen-bond donors (Lipinski definition) is 9. The summed E-state index contributed by atoms with van der Waals surface area (Å²) >= 11 is 0. The molecule has 0 spiro atoms. The minimum Gasteiger partial charge on any atom is -0.394 e. The molecular formula is C53H93NO13. The van der Waals surface area contributed by atoms with Crippen molar-refractivity contribution in [2.24, 2.45) is 0 Å². The van der Waals surface area contributed by atoms with Crippen LogP contribution >= 0.6 is 0 Å². The first kappa shape index (κ1) is 60.8. The summed E-state index contributed by atoms with van der Waals surface area (Å²) in [5.41, 5.74) is 0. The number of aliphatic hydroxyl groups is 8. The van der Waals surface area contributed by atoms with Crippen molar-refractivity contribution in [2.75, 3.05) is 19.8 Å². The molecule has 0 aromatic carbocycles. The zero-order valence-electron chi connectivity index (χ0n) is 41.1. The number of carbonyl (C=O) groups is 1. The topological polar surface area (TPSA) is 228 Å². The van der Waals surface area contributed by atoms with Crippen molar-refractivity contribution >= 4 is 5.91 Å². The zero-order valence-corrected chi connectivity index (χ0v) is 41.1. The van der Waals surface area contributed by atoms with Gasteiger partial charge in [-0.3, -0.25) is 4.79 Å². The Morgan fingerprint density at radius 3 is 1.58 bits per heavy atom. The first-order valence-electron chi connectivity index (χ1n) is 26.0. The SMILES string of the molecule is CC/C=C\C/C=C\C/C=C\C/C=C\CCCCC(=O)NC(COC1OC(CO)C(OC2OC(CO)C(O)C(O)C2O)C(O)C1O)C(O)/C=C/CCCCCCCCCCCCCCCCCC. The van der Waals surface area contributed by atoms with Gasteiger partial charge in [-0.15, -0.1) is 0 Å². The Hall–Kier alpha value is -2.31. The third-order valence-electron chi connectivity index (χ3n) is 12.5. The van der Waals surface area contributed by atoms with E-state index >= 15 is 0 Å². The molecule has 1 amide bonds. The summed E-state index contributed by atoms with van der Waals surface area (Å²) in [5.74, 6) is -0.282. The molecule has 388 valence electrons. The molecule has 12 atom stereocenters. The van der Waals surface area contributed by atoms with Gasteiger partial charge in [0.15, 0.2) is 12.6 Å². The second-order valence-electron chi connectivity index (χ2n) is 18.3. The lowest BCUT2D eigenvalue weighted by atomic mass is 9.97. The van der Waals surface area contributed by atoms with Gasteiger partial charge in [0.05, 0.1) is 32.0 Å². The van der Waals surface area contributed by atoms with Gasteiger partial charge in [-0.1, -0.05) is 171 Å². The summed E-state index contributed by atoms with van der Waals surface area (Å²) in [7, 11) is 0. The Bertz CT molecular complexity index is 1360. The number of allylic oxidation sites excluding steroid dienone is 9. The van der Waals surface area contributed by atoms with Crippen molar-refractivity contribution in [1.29, 1.82) is 0 Å². The van der Waals surface area contributed by atoms with Gasteiger partial charge in [0.25, 0.3) is 0 Å². The molecule has 2 aliphatic rings. The maximum atomic E-state index is 13.2. The number of aliphatic hydroxyl groups excluding tert-OH is 8. The van der Waals surface area contributed by atoms with Crippen LogP contribution in [-0.4, -0.2) is 140 Å². The van der Waals surface area contributed by atoms with Crippen molar-refractivity contribution in [1.82, 2.24) is 5.32 Å². The molecule has 0 bridgehead atoms. The summed E-state index contributed by atoms with van der Waals surface area (Å²) in [5, 5.41) is 86.8. The van der Waals surface area contributed by atoms with E-state index in [1.54, 1.807) is 6.08 Å². The van der Waals surface area contributed by atoms with E-state index in [0.717, 1.165) is 57.8 Å². The number of ether oxygens (including phenoxy) is 4. The maximum absolute atomic E-state index is 13.2. The molecule has 2 saturated heterocycles. The Balaban J connectivity index is 1.86. The van der Waals surface area contributed by atoms with Gasteiger partial charge in [-0.2, -0.15) is 0 Å². The summed E-state index contributed by atoms with van der Waals surface area (Å²) in [6.45, 7) is 2.63. The molecule has 14 heteroatoms. The van der Waals surface area contributed by atoms with E-state index in [1.165, 1.54) is 89.9 Å². The number of hydrogen-bond acceptors (Lipinski definition) is 13. The van der Waals surface area contributed by atoms with E-state index in [-0.39, 0.29) is 18.9 Å². The Kier molecular flexibility index (Phi) is 35.8. The average molecular weight is 952 g/mol. The smallest absolute Gasteiger partial charge is 0.220 e. The van der Waals surface area contributed by atoms with Crippen LogP contribution in [0.5, 0.6) is 0 Å². The highest BCUT2D eigenvalue weighted by molar-refractivity contribution is 5.76. The third-order valence-corrected chi connectivity index (χ3v) is 12.5. The number of amides is 1. The van der Waals surface area contributed by atoms with Crippen molar-refractivity contribution in [3.63, 3.8) is 0 Å². The highest BCUT2D eigenvalue weighted by Gasteiger charge is 2.51. The van der Waals surface area contributed by atoms with Gasteiger partial charge in [0.1, 0.15) is 48.8 Å². The molecule has 2 heterocycles. The van der Waals surface area contributed by atoms with Gasteiger partial charge in [0.2, 0.25) is 5.91 Å². The zero-order chi connectivity index (χ0) is 48.9. The Morgan fingerprint density at radius 1 is 0.552 bits per heavy atom. The highest BCUT2D eigenvalue weighted by atomic mass is 16.7. The average Bonchev–Trinajstić information content (AvgIpc) is 3.32. The Morgan fingerprint density at radius 2 is 1.03 bits per heavy atom. The van der Waals surface area contributed by atoms with E-state index in [4.69, 9.17) is 18.9 Å². The molecule has 0 radical (unpaired) electrons. The molecule has 0 aromatic rings. The first-order chi connectivity index (χ1) is 32.6. The Labute approximate surface area is 403 Å². The lowest BCUT2D eigenvalue weighted by molar-refractivity contribution is -0.359. The van der Waals surface area contributed by atoms with Crippen LogP contribution < -0.4 is 5.32 Å². The molecule has 2 fully saturated rings. The summed E-state index contributed by atoms with van der Waals surface area (Å²) in [6, 6.07) is -0.938. The molecular weight excluding hydrogens is 859 g/mol. The molecule has 0 aromatic heterocycles. The monoisotopic (exact) mass is 952 g/mol. The van der Waals surface area contributed by atoms with Crippen LogP contribution in [-0.2, 0) is 23.7 Å². The van der Waals surface area contributed by atoms with Crippen LogP contribution in [0, 0.1) is 0 Å². The fourth-order valence-electron chi connectivity index (χ4n) is 8.22. The number of rotatable bonds is 39. The molecule has 0 saturated carbocycles. The minimum atomic E-state index is -1.79. The molecule has 12 unspecified atom stereocenters. The second-order valence-corrected chi connectivity index (χ2v) is 18.3. The molecule has 2 rings (SSSR count). The van der Waals surface area contributed by atoms with Gasteiger partial charge < -0.3 is 65.1 Å². The van der Waals surface area contributed by atoms with Gasteiger partial charge in [-0.05, 0) is 57.8 Å². The number of unbranched alkanes of at least 4 members (excludes halogenated alkanes) is 18. The van der Waals surface area contributed by atoms with E-state index in [0.29, 0.717) is 6.42 Å². The highest BCUT2D eigenvalue weighted by Crippen LogP contribution is 2.30. The summed E-state index contributed by atoms with van der Waals surface area (Å²) < 4.78 is 22.7. The van der Waals surface area contributed by atoms with E-state index in [9.17, 15) is 45.6 Å². The normalized spacial score (nSPS) is 27.1. The molecule has 2 aliphatic heterocycles. The van der Waals surface area contributed by atoms with Gasteiger partial charge >= 0.3 is 0 Å². The number of nitrogens with one attached hydrogen (secondary N) is 1. The molecule has 67 heavy (non-hydrogen) atoms. The van der Waals surface area contributed by atoms with Crippen LogP contribution in [0.4, 0.5) is 0 Å². The first-order valence-corrected chi connectivity index (χ1v) is 26.0. The summed E-state index contributed by atoms with van der Waals surface area (Å²) in [4.78, 5) is 13.2. The fourth-order valence-corrected chi connectivity index (χ4v) is 8.22. The quantitative estimate of drug-likeness (QED) is 0.0223. The molecule has 14 nitrogen and oxygen atoms in total. The maximum Gasteiger partial charge on any atom is 0.220 e. The van der Waals surface area contributed by atoms with E-state index < -0.39 is 86.8 Å². The van der Waals surface area contributed by atoms with Crippen molar-refractivity contribution < 1.29 is 64.6 Å². The van der Waals surface area contributed by atoms with E-state index in [2.05, 4.69) is 67.8 Å². The van der Waals surface area contributed by atoms with Crippen LogP contribution in [0.1, 0.15) is 174 Å². The van der Waals surface area contributed by atoms with E-state index in [1.807, 2.05) is 6.08 Å². The van der Waals surface area contributed by atoms with Crippen LogP contribution in [0.15, 0.2) is 60.8 Å². The number of carbonyl (C=O) groups excluding carboxylic acids is 1. The summed E-state index contributed by atoms with van der Waals surface area (Å²) in [6.07, 6.45) is 31.2. The predicted molar refractivity (Wildman–Crippen MR) is 263 cm³/mol. The fraction of sp³-hybridized carbons (Fsp3) is 0.792. The van der Waals surface area contributed by atoms with Crippen LogP contribution in [0.2, 0.25) is 0 Å². The standard InChI is InChI=1S/C53H93NO13/c1-3-5-7-9-11-13-15-17-19-20-21-23-24-26-28-30-32-34-36-42(57)41(54-45(58)37-35-33-31-29-27-25-22-18-16-14-12-10-8-6-4-2)40-64-52-50(63)48(61)51(44(39-56)66-52)67-53-49(62)47(60)46(59)43(38-55)65-53/h6,8,12,14,18,22,27,29,34,36,41-44,46-53,55-57,59-63H,3-5,7,9-11,13,15-17,19-21,23-26,28,30-33,35,37-40H2,1-2H3,(H,54,58)/b8-6-,14-12-,22-18-,29-27-,36-34+. The minimum absolute atomic E-state index is 0.227. The lowest BCUT2D eigenvalue weighted by Gasteiger charge is -2.46. The van der Waals surface area contributed by atoms with Crippen LogP contribution in [0.3, 0.4) is 0 Å². The van der Waals surface area contributed by atoms with Gasteiger partial charge in [0, 0.05) is 6.42 Å². The van der Waals surface area contributed by atoms with Crippen molar-refractivity contribution in [2.45, 2.75) is 248 Å². The van der Waals surface area contributed by atoms with Gasteiger partial charge in [-0.25, -0.2) is 0 Å². The predicted octanol–water partition coefficient (Wildman–Crippen LogP) is 7.05. The molecule has 9 N–H and O–H groups in total. The largest absolute Gasteiger partial charge is 0.394 e. The molecule has 0 aliphatic carbocycles.